The number of rotatable bonds is 3. The van der Waals surface area contributed by atoms with Crippen LogP contribution in [0.25, 0.3) is 0 Å². The molecule has 100 valence electrons. The van der Waals surface area contributed by atoms with Crippen molar-refractivity contribution in [3.8, 4) is 0 Å². The summed E-state index contributed by atoms with van der Waals surface area (Å²) >= 11 is 0. The van der Waals surface area contributed by atoms with Gasteiger partial charge in [-0.15, -0.1) is 0 Å². The largest absolute Gasteiger partial charge is 0.381 e. The highest BCUT2D eigenvalue weighted by Crippen LogP contribution is 2.49. The van der Waals surface area contributed by atoms with E-state index in [1.54, 1.807) is 0 Å². The maximum Gasteiger partial charge on any atom is 0.0576 e. The molecule has 1 saturated carbocycles. The van der Waals surface area contributed by atoms with Crippen molar-refractivity contribution >= 4 is 0 Å². The molecule has 1 aliphatic carbocycles. The average molecular weight is 239 g/mol. The standard InChI is InChI=1S/C15H29NO/c1-12(2)9-13-11-16-8-7-15(13)6-4-5-14(10-15)17-3/h12-14,16H,4-11H2,1-3H3. The number of nitrogens with one attached hydrogen (secondary N) is 1. The van der Waals surface area contributed by atoms with Crippen molar-refractivity contribution in [2.45, 2.75) is 58.5 Å². The molecule has 0 radical (unpaired) electrons. The third-order valence-corrected chi connectivity index (χ3v) is 4.98. The van der Waals surface area contributed by atoms with E-state index < -0.39 is 0 Å². The van der Waals surface area contributed by atoms with Crippen LogP contribution in [0.5, 0.6) is 0 Å². The predicted octanol–water partition coefficient (Wildman–Crippen LogP) is 3.22. The lowest BCUT2D eigenvalue weighted by Gasteiger charge is -2.49. The molecule has 1 heterocycles. The molecule has 1 aliphatic heterocycles. The van der Waals surface area contributed by atoms with Gasteiger partial charge in [-0.1, -0.05) is 20.3 Å². The van der Waals surface area contributed by atoms with Crippen LogP contribution in [-0.4, -0.2) is 26.3 Å². The monoisotopic (exact) mass is 239 g/mol. The zero-order valence-electron chi connectivity index (χ0n) is 11.8. The minimum atomic E-state index is 0.525. The van der Waals surface area contributed by atoms with Gasteiger partial charge in [0.1, 0.15) is 0 Å². The number of methoxy groups -OCH3 is 1. The van der Waals surface area contributed by atoms with E-state index in [2.05, 4.69) is 19.2 Å². The van der Waals surface area contributed by atoms with E-state index in [1.165, 1.54) is 51.6 Å². The van der Waals surface area contributed by atoms with Crippen molar-refractivity contribution in [2.24, 2.45) is 17.3 Å². The highest BCUT2D eigenvalue weighted by atomic mass is 16.5. The predicted molar refractivity (Wildman–Crippen MR) is 72.1 cm³/mol. The molecular weight excluding hydrogens is 210 g/mol. The maximum absolute atomic E-state index is 5.65. The molecule has 17 heavy (non-hydrogen) atoms. The lowest BCUT2D eigenvalue weighted by molar-refractivity contribution is -0.0358. The second-order valence-corrected chi connectivity index (χ2v) is 6.60. The number of ether oxygens (including phenoxy) is 1. The molecule has 3 atom stereocenters. The molecule has 2 fully saturated rings. The lowest BCUT2D eigenvalue weighted by Crippen LogP contribution is -2.49. The van der Waals surface area contributed by atoms with Gasteiger partial charge in [-0.25, -0.2) is 0 Å². The van der Waals surface area contributed by atoms with Crippen LogP contribution in [-0.2, 0) is 4.74 Å². The van der Waals surface area contributed by atoms with Crippen LogP contribution in [0.4, 0.5) is 0 Å². The Morgan fingerprint density at radius 1 is 1.35 bits per heavy atom. The first-order chi connectivity index (χ1) is 8.16. The molecule has 2 rings (SSSR count). The number of hydrogen-bond donors (Lipinski definition) is 1. The van der Waals surface area contributed by atoms with E-state index >= 15 is 0 Å². The summed E-state index contributed by atoms with van der Waals surface area (Å²) in [6.07, 6.45) is 8.66. The van der Waals surface area contributed by atoms with E-state index in [4.69, 9.17) is 4.74 Å². The number of hydrogen-bond acceptors (Lipinski definition) is 2. The van der Waals surface area contributed by atoms with Crippen LogP contribution in [0.2, 0.25) is 0 Å². The fourth-order valence-corrected chi connectivity index (χ4v) is 4.08. The molecule has 0 aromatic heterocycles. The average Bonchev–Trinajstić information content (AvgIpc) is 2.32. The zero-order valence-corrected chi connectivity index (χ0v) is 11.8. The first-order valence-corrected chi connectivity index (χ1v) is 7.40. The van der Waals surface area contributed by atoms with Gasteiger partial charge in [0.2, 0.25) is 0 Å². The van der Waals surface area contributed by atoms with E-state index in [9.17, 15) is 0 Å². The molecule has 2 aliphatic rings. The topological polar surface area (TPSA) is 21.3 Å². The fraction of sp³-hybridized carbons (Fsp3) is 1.00. The minimum Gasteiger partial charge on any atom is -0.381 e. The molecule has 0 aromatic rings. The third-order valence-electron chi connectivity index (χ3n) is 4.98. The normalized spacial score (nSPS) is 38.8. The van der Waals surface area contributed by atoms with Crippen LogP contribution in [0, 0.1) is 17.3 Å². The molecule has 1 N–H and O–H groups in total. The molecular formula is C15H29NO. The summed E-state index contributed by atoms with van der Waals surface area (Å²) in [5.41, 5.74) is 0.592. The van der Waals surface area contributed by atoms with Crippen molar-refractivity contribution in [3.63, 3.8) is 0 Å². The van der Waals surface area contributed by atoms with Crippen LogP contribution in [0.15, 0.2) is 0 Å². The first kappa shape index (κ1) is 13.4. The van der Waals surface area contributed by atoms with Crippen LogP contribution in [0.3, 0.4) is 0 Å². The lowest BCUT2D eigenvalue weighted by atomic mass is 9.60. The smallest absolute Gasteiger partial charge is 0.0576 e. The van der Waals surface area contributed by atoms with Gasteiger partial charge < -0.3 is 10.1 Å². The Kier molecular flexibility index (Phi) is 4.48. The maximum atomic E-state index is 5.65. The van der Waals surface area contributed by atoms with E-state index in [0.717, 1.165) is 11.8 Å². The molecule has 0 aromatic carbocycles. The Labute approximate surface area is 107 Å². The summed E-state index contributed by atoms with van der Waals surface area (Å²) in [4.78, 5) is 0. The summed E-state index contributed by atoms with van der Waals surface area (Å²) in [7, 11) is 1.89. The van der Waals surface area contributed by atoms with Gasteiger partial charge in [0.05, 0.1) is 6.10 Å². The van der Waals surface area contributed by atoms with Gasteiger partial charge in [0.15, 0.2) is 0 Å². The van der Waals surface area contributed by atoms with Gasteiger partial charge in [0.25, 0.3) is 0 Å². The van der Waals surface area contributed by atoms with Crippen molar-refractivity contribution in [2.75, 3.05) is 20.2 Å². The Balaban J connectivity index is 2.07. The first-order valence-electron chi connectivity index (χ1n) is 7.40. The molecule has 2 heteroatoms. The molecule has 0 bridgehead atoms. The second-order valence-electron chi connectivity index (χ2n) is 6.60. The quantitative estimate of drug-likeness (QED) is 0.816. The molecule has 3 unspecified atom stereocenters. The van der Waals surface area contributed by atoms with E-state index in [0.29, 0.717) is 11.5 Å². The zero-order chi connectivity index (χ0) is 12.3. The summed E-state index contributed by atoms with van der Waals surface area (Å²) in [6.45, 7) is 7.16. The third kappa shape index (κ3) is 3.03. The van der Waals surface area contributed by atoms with Crippen molar-refractivity contribution < 1.29 is 4.74 Å². The highest BCUT2D eigenvalue weighted by Gasteiger charge is 2.43. The molecule has 1 saturated heterocycles. The highest BCUT2D eigenvalue weighted by molar-refractivity contribution is 4.96. The minimum absolute atomic E-state index is 0.525. The fourth-order valence-electron chi connectivity index (χ4n) is 4.08. The van der Waals surface area contributed by atoms with Gasteiger partial charge in [-0.05, 0) is 62.4 Å². The van der Waals surface area contributed by atoms with Gasteiger partial charge in [-0.3, -0.25) is 0 Å². The summed E-state index contributed by atoms with van der Waals surface area (Å²) < 4.78 is 5.65. The van der Waals surface area contributed by atoms with Crippen LogP contribution >= 0.6 is 0 Å². The van der Waals surface area contributed by atoms with Crippen LogP contribution in [0.1, 0.15) is 52.4 Å². The van der Waals surface area contributed by atoms with Crippen molar-refractivity contribution in [3.05, 3.63) is 0 Å². The van der Waals surface area contributed by atoms with Gasteiger partial charge >= 0.3 is 0 Å². The van der Waals surface area contributed by atoms with E-state index in [-0.39, 0.29) is 0 Å². The van der Waals surface area contributed by atoms with Gasteiger partial charge in [0, 0.05) is 7.11 Å². The van der Waals surface area contributed by atoms with Gasteiger partial charge in [-0.2, -0.15) is 0 Å². The van der Waals surface area contributed by atoms with Crippen molar-refractivity contribution in [1.82, 2.24) is 5.32 Å². The summed E-state index contributed by atoms with van der Waals surface area (Å²) in [5.74, 6) is 1.69. The molecule has 0 amide bonds. The van der Waals surface area contributed by atoms with E-state index in [1.807, 2.05) is 7.11 Å². The summed E-state index contributed by atoms with van der Waals surface area (Å²) in [6, 6.07) is 0. The number of piperidine rings is 1. The molecule has 2 nitrogen and oxygen atoms in total. The SMILES string of the molecule is COC1CCCC2(CCNCC2CC(C)C)C1. The Morgan fingerprint density at radius 2 is 2.18 bits per heavy atom. The van der Waals surface area contributed by atoms with Crippen molar-refractivity contribution in [1.29, 1.82) is 0 Å². The Morgan fingerprint density at radius 3 is 2.88 bits per heavy atom. The summed E-state index contributed by atoms with van der Waals surface area (Å²) in [5, 5.41) is 3.60. The van der Waals surface area contributed by atoms with Crippen LogP contribution < -0.4 is 5.32 Å². The molecule has 1 spiro atoms. The Hall–Kier alpha value is -0.0800. The Bertz CT molecular complexity index is 237. The second kappa shape index (κ2) is 5.71.